The molecule has 1 aliphatic heterocycles. The number of carboxylic acids is 1. The maximum Gasteiger partial charge on any atom is 0.323 e. The fourth-order valence-corrected chi connectivity index (χ4v) is 4.78. The van der Waals surface area contributed by atoms with Gasteiger partial charge in [-0.25, -0.2) is 4.79 Å². The van der Waals surface area contributed by atoms with Gasteiger partial charge in [-0.2, -0.15) is 0 Å². The average Bonchev–Trinajstić information content (AvgIpc) is 3.02. The van der Waals surface area contributed by atoms with Crippen LogP contribution in [0.15, 0.2) is 60.8 Å². The van der Waals surface area contributed by atoms with Crippen LogP contribution >= 0.6 is 0 Å². The summed E-state index contributed by atoms with van der Waals surface area (Å²) in [7, 11) is 3.09. The highest BCUT2D eigenvalue weighted by Gasteiger charge is 2.22. The summed E-state index contributed by atoms with van der Waals surface area (Å²) in [6, 6.07) is 14.5. The number of carbonyl (C=O) groups excluding carboxylic acids is 3. The summed E-state index contributed by atoms with van der Waals surface area (Å²) >= 11 is 0. The first-order chi connectivity index (χ1) is 21.6. The minimum absolute atomic E-state index is 0.0452. The summed E-state index contributed by atoms with van der Waals surface area (Å²) in [5.74, 6) is -1.21. The number of nitrogens with zero attached hydrogens (tertiary/aromatic N) is 3. The molecule has 4 rings (SSSR count). The third-order valence-electron chi connectivity index (χ3n) is 7.34. The van der Waals surface area contributed by atoms with Gasteiger partial charge >= 0.3 is 12.0 Å². The quantitative estimate of drug-likeness (QED) is 0.239. The number of pyridine rings is 1. The van der Waals surface area contributed by atoms with E-state index >= 15 is 0 Å². The number of urea groups is 1. The van der Waals surface area contributed by atoms with Gasteiger partial charge in [0.1, 0.15) is 5.75 Å². The summed E-state index contributed by atoms with van der Waals surface area (Å²) in [6.45, 7) is 4.38. The zero-order valence-corrected chi connectivity index (χ0v) is 25.5. The number of amides is 4. The Morgan fingerprint density at radius 3 is 2.44 bits per heavy atom. The number of carbonyl (C=O) groups is 4. The van der Waals surface area contributed by atoms with E-state index < -0.39 is 18.0 Å². The molecule has 0 spiro atoms. The van der Waals surface area contributed by atoms with E-state index in [2.05, 4.69) is 20.9 Å². The highest BCUT2D eigenvalue weighted by Crippen LogP contribution is 2.27. The Bertz CT molecular complexity index is 1510. The molecule has 1 aromatic heterocycles. The van der Waals surface area contributed by atoms with Crippen molar-refractivity contribution < 1.29 is 33.8 Å². The van der Waals surface area contributed by atoms with Crippen molar-refractivity contribution in [3.8, 4) is 5.75 Å². The number of methoxy groups -OCH3 is 1. The van der Waals surface area contributed by atoms with E-state index in [-0.39, 0.29) is 31.2 Å². The fraction of sp³-hybridized carbons (Fsp3) is 0.344. The number of anilines is 3. The Kier molecular flexibility index (Phi) is 11.4. The third kappa shape index (κ3) is 9.49. The lowest BCUT2D eigenvalue weighted by molar-refractivity contribution is -0.138. The zero-order chi connectivity index (χ0) is 32.3. The molecule has 4 amide bonds. The van der Waals surface area contributed by atoms with E-state index in [0.717, 1.165) is 5.56 Å². The van der Waals surface area contributed by atoms with Crippen LogP contribution in [0.1, 0.15) is 29.3 Å². The van der Waals surface area contributed by atoms with Crippen LogP contribution in [0.3, 0.4) is 0 Å². The molecule has 3 aromatic rings. The molecule has 13 nitrogen and oxygen atoms in total. The molecule has 45 heavy (non-hydrogen) atoms. The highest BCUT2D eigenvalue weighted by atomic mass is 16.5. The second-order valence-electron chi connectivity index (χ2n) is 10.6. The van der Waals surface area contributed by atoms with Gasteiger partial charge in [0, 0.05) is 25.8 Å². The molecule has 0 aliphatic carbocycles. The summed E-state index contributed by atoms with van der Waals surface area (Å²) in [5.41, 5.74) is 3.59. The Labute approximate surface area is 261 Å². The van der Waals surface area contributed by atoms with Crippen LogP contribution in [0.4, 0.5) is 21.9 Å². The molecule has 13 heteroatoms. The average molecular weight is 619 g/mol. The van der Waals surface area contributed by atoms with Crippen molar-refractivity contribution in [3.05, 3.63) is 77.6 Å². The van der Waals surface area contributed by atoms with Gasteiger partial charge in [0.2, 0.25) is 11.8 Å². The lowest BCUT2D eigenvalue weighted by Gasteiger charge is -2.27. The topological polar surface area (TPSA) is 162 Å². The number of carboxylic acid groups (broad SMARTS) is 1. The van der Waals surface area contributed by atoms with Gasteiger partial charge in [0.05, 0.1) is 69.0 Å². The Morgan fingerprint density at radius 2 is 1.78 bits per heavy atom. The van der Waals surface area contributed by atoms with Crippen LogP contribution in [-0.4, -0.2) is 85.8 Å². The molecule has 4 N–H and O–H groups in total. The van der Waals surface area contributed by atoms with E-state index in [9.17, 15) is 24.3 Å². The summed E-state index contributed by atoms with van der Waals surface area (Å²) < 4.78 is 10.8. The number of aliphatic carboxylic acids is 1. The molecule has 1 aliphatic rings. The smallest absolute Gasteiger partial charge is 0.323 e. The Balaban J connectivity index is 1.36. The molecule has 2 aromatic carbocycles. The standard InChI is InChI=1S/C32H38N6O7/c1-21-6-4-5-7-24(21)35-32(43)36-26-10-8-22(16-28(26)44-3)17-30(40)37(2)23-9-11-25(33-19-23)27(18-31(41)42)34-29(39)20-38-12-14-45-15-13-38/h4-11,16,19,27H,12-15,17-18,20H2,1-3H3,(H,34,39)(H,41,42)(H2,35,36,43). The second-order valence-corrected chi connectivity index (χ2v) is 10.6. The molecule has 0 saturated carbocycles. The van der Waals surface area contributed by atoms with Gasteiger partial charge in [-0.15, -0.1) is 0 Å². The molecule has 0 radical (unpaired) electrons. The maximum absolute atomic E-state index is 13.1. The van der Waals surface area contributed by atoms with Crippen LogP contribution in [0.2, 0.25) is 0 Å². The van der Waals surface area contributed by atoms with Gasteiger partial charge < -0.3 is 35.4 Å². The minimum atomic E-state index is -1.08. The number of aromatic nitrogens is 1. The largest absolute Gasteiger partial charge is 0.495 e. The van der Waals surface area contributed by atoms with Crippen LogP contribution in [0, 0.1) is 6.92 Å². The number of ether oxygens (including phenoxy) is 2. The Hall–Kier alpha value is -5.01. The molecular formula is C32H38N6O7. The van der Waals surface area contributed by atoms with Crippen LogP contribution in [0.5, 0.6) is 5.75 Å². The van der Waals surface area contributed by atoms with E-state index in [1.54, 1.807) is 43.4 Å². The predicted octanol–water partition coefficient (Wildman–Crippen LogP) is 3.21. The molecule has 1 unspecified atom stereocenters. The predicted molar refractivity (Wildman–Crippen MR) is 169 cm³/mol. The molecule has 238 valence electrons. The van der Waals surface area contributed by atoms with Crippen molar-refractivity contribution in [3.63, 3.8) is 0 Å². The number of morpholine rings is 1. The first-order valence-corrected chi connectivity index (χ1v) is 14.5. The number of hydrogen-bond donors (Lipinski definition) is 4. The van der Waals surface area contributed by atoms with Gasteiger partial charge in [-0.1, -0.05) is 24.3 Å². The molecule has 1 saturated heterocycles. The number of rotatable bonds is 12. The van der Waals surface area contributed by atoms with Crippen molar-refractivity contribution in [2.24, 2.45) is 0 Å². The van der Waals surface area contributed by atoms with Gasteiger partial charge in [0.15, 0.2) is 0 Å². The van der Waals surface area contributed by atoms with Crippen molar-refractivity contribution >= 4 is 40.9 Å². The lowest BCUT2D eigenvalue weighted by atomic mass is 10.1. The lowest BCUT2D eigenvalue weighted by Crippen LogP contribution is -2.44. The van der Waals surface area contributed by atoms with Crippen LogP contribution < -0.4 is 25.6 Å². The number of likely N-dealkylation sites (N-methyl/N-ethyl adjacent to an activating group) is 1. The summed E-state index contributed by atoms with van der Waals surface area (Å²) in [6.07, 6.45) is 1.18. The van der Waals surface area contributed by atoms with Crippen molar-refractivity contribution in [1.29, 1.82) is 0 Å². The number of nitrogens with one attached hydrogen (secondary N) is 3. The van der Waals surface area contributed by atoms with Crippen LogP contribution in [0.25, 0.3) is 0 Å². The van der Waals surface area contributed by atoms with Gasteiger partial charge in [-0.3, -0.25) is 24.3 Å². The number of benzene rings is 2. The molecule has 1 fully saturated rings. The molecule has 0 bridgehead atoms. The summed E-state index contributed by atoms with van der Waals surface area (Å²) in [4.78, 5) is 57.6. The number of aryl methyl sites for hydroxylation is 1. The maximum atomic E-state index is 13.1. The number of para-hydroxylation sites is 1. The summed E-state index contributed by atoms with van der Waals surface area (Å²) in [5, 5.41) is 17.8. The fourth-order valence-electron chi connectivity index (χ4n) is 4.78. The minimum Gasteiger partial charge on any atom is -0.495 e. The van der Waals surface area contributed by atoms with Gasteiger partial charge in [0.25, 0.3) is 0 Å². The van der Waals surface area contributed by atoms with E-state index in [1.165, 1.54) is 18.2 Å². The van der Waals surface area contributed by atoms with Gasteiger partial charge in [-0.05, 0) is 48.4 Å². The van der Waals surface area contributed by atoms with E-state index in [1.807, 2.05) is 30.0 Å². The van der Waals surface area contributed by atoms with E-state index in [0.29, 0.717) is 60.4 Å². The van der Waals surface area contributed by atoms with Crippen molar-refractivity contribution in [2.45, 2.75) is 25.8 Å². The molecule has 2 heterocycles. The second kappa shape index (κ2) is 15.6. The first kappa shape index (κ1) is 32.9. The first-order valence-electron chi connectivity index (χ1n) is 14.5. The van der Waals surface area contributed by atoms with Crippen molar-refractivity contribution in [1.82, 2.24) is 15.2 Å². The van der Waals surface area contributed by atoms with Crippen LogP contribution in [-0.2, 0) is 25.5 Å². The molecular weight excluding hydrogens is 580 g/mol. The van der Waals surface area contributed by atoms with E-state index in [4.69, 9.17) is 9.47 Å². The molecule has 1 atom stereocenters. The monoisotopic (exact) mass is 618 g/mol. The highest BCUT2D eigenvalue weighted by molar-refractivity contribution is 6.01. The number of hydrogen-bond acceptors (Lipinski definition) is 8. The Morgan fingerprint density at radius 1 is 1.04 bits per heavy atom. The van der Waals surface area contributed by atoms with Crippen molar-refractivity contribution in [2.75, 3.05) is 62.5 Å². The normalized spacial score (nSPS) is 13.8. The zero-order valence-electron chi connectivity index (χ0n) is 25.5. The third-order valence-corrected chi connectivity index (χ3v) is 7.34. The SMILES string of the molecule is COc1cc(CC(=O)N(C)c2ccc(C(CC(=O)O)NC(=O)CN3CCOCC3)nc2)ccc1NC(=O)Nc1ccccc1C.